The number of nitrogens with zero attached hydrogens (tertiary/aromatic N) is 2. The molecule has 0 aliphatic heterocycles. The van der Waals surface area contributed by atoms with Crippen LogP contribution in [0, 0.1) is 23.3 Å². The lowest BCUT2D eigenvalue weighted by Gasteiger charge is -2.09. The molecule has 9 heteroatoms. The van der Waals surface area contributed by atoms with Gasteiger partial charge in [0, 0.05) is 17.9 Å². The number of benzene rings is 2. The van der Waals surface area contributed by atoms with Crippen LogP contribution in [0.15, 0.2) is 59.7 Å². The minimum absolute atomic E-state index is 0.00736. The number of H-pyrrole nitrogens is 1. The van der Waals surface area contributed by atoms with Gasteiger partial charge in [0.05, 0.1) is 6.54 Å². The van der Waals surface area contributed by atoms with Gasteiger partial charge < -0.3 is 15.3 Å². The highest BCUT2D eigenvalue weighted by Crippen LogP contribution is 2.15. The molecule has 0 fully saturated rings. The smallest absolute Gasteiger partial charge is 0.310 e. The number of para-hydroxylation sites is 1. The first-order valence-electron chi connectivity index (χ1n) is 8.03. The maximum Gasteiger partial charge on any atom is 0.310 e. The fourth-order valence-electron chi connectivity index (χ4n) is 2.50. The van der Waals surface area contributed by atoms with Crippen LogP contribution in [-0.4, -0.2) is 14.5 Å². The van der Waals surface area contributed by atoms with Crippen LogP contribution in [0.25, 0.3) is 10.9 Å². The Morgan fingerprint density at radius 1 is 1.00 bits per heavy atom. The lowest BCUT2D eigenvalue weighted by atomic mass is 10.2. The first-order chi connectivity index (χ1) is 13.3. The molecule has 0 amide bonds. The van der Waals surface area contributed by atoms with Crippen LogP contribution in [0.3, 0.4) is 0 Å². The van der Waals surface area contributed by atoms with Gasteiger partial charge in [-0.05, 0) is 35.2 Å². The number of nitrogen functional groups attached to an aromatic ring is 1. The molecule has 28 heavy (non-hydrogen) atoms. The van der Waals surface area contributed by atoms with E-state index in [-0.39, 0.29) is 18.1 Å². The molecule has 4 rings (SSSR count). The summed E-state index contributed by atoms with van der Waals surface area (Å²) in [7, 11) is 0. The van der Waals surface area contributed by atoms with Gasteiger partial charge in [-0.1, -0.05) is 18.2 Å². The second-order valence-corrected chi connectivity index (χ2v) is 5.82. The summed E-state index contributed by atoms with van der Waals surface area (Å²) in [6.07, 6.45) is 2.70. The second-order valence-electron chi connectivity index (χ2n) is 5.82. The summed E-state index contributed by atoms with van der Waals surface area (Å²) in [6, 6.07) is 11.8. The van der Waals surface area contributed by atoms with E-state index in [0.29, 0.717) is 0 Å². The lowest BCUT2D eigenvalue weighted by molar-refractivity contribution is 0.444. The number of nitrogens with one attached hydrogen (secondary N) is 1. The molecule has 3 N–H and O–H groups in total. The number of anilines is 1. The zero-order valence-electron chi connectivity index (χ0n) is 14.3. The van der Waals surface area contributed by atoms with Crippen molar-refractivity contribution in [3.8, 4) is 0 Å². The molecular weight excluding hydrogens is 376 g/mol. The molecule has 0 bridgehead atoms. The van der Waals surface area contributed by atoms with Gasteiger partial charge in [0.25, 0.3) is 0 Å². The Labute approximate surface area is 156 Å². The third-order valence-corrected chi connectivity index (χ3v) is 3.84. The van der Waals surface area contributed by atoms with E-state index in [0.717, 1.165) is 22.9 Å². The summed E-state index contributed by atoms with van der Waals surface area (Å²) in [5.74, 6) is -5.82. The van der Waals surface area contributed by atoms with Gasteiger partial charge in [0.1, 0.15) is 0 Å². The van der Waals surface area contributed by atoms with Gasteiger partial charge in [0.2, 0.25) is 11.8 Å². The van der Waals surface area contributed by atoms with E-state index in [2.05, 4.69) is 28.2 Å². The molecule has 4 aromatic rings. The minimum atomic E-state index is -1.60. The molecule has 2 aromatic heterocycles. The first kappa shape index (κ1) is 19.2. The fourth-order valence-corrected chi connectivity index (χ4v) is 2.50. The van der Waals surface area contributed by atoms with Crippen molar-refractivity contribution in [3.05, 3.63) is 94.0 Å². The number of aromatic amines is 1. The minimum Gasteiger partial charge on any atom is -0.369 e. The summed E-state index contributed by atoms with van der Waals surface area (Å²) in [6.45, 7) is -0.260. The Kier molecular flexibility index (Phi) is 5.44. The van der Waals surface area contributed by atoms with E-state index in [4.69, 9.17) is 5.73 Å². The van der Waals surface area contributed by atoms with E-state index >= 15 is 0 Å². The number of nitrogens with two attached hydrogens (primary N) is 1. The Morgan fingerprint density at radius 3 is 2.36 bits per heavy atom. The monoisotopic (exact) mass is 390 g/mol. The average molecular weight is 390 g/mol. The molecule has 0 unspecified atom stereocenters. The van der Waals surface area contributed by atoms with Crippen LogP contribution < -0.4 is 11.3 Å². The number of hydrogen-bond donors (Lipinski definition) is 2. The fraction of sp³-hybridized carbons (Fsp3) is 0.0526. The van der Waals surface area contributed by atoms with E-state index in [1.165, 1.54) is 10.9 Å². The predicted octanol–water partition coefficient (Wildman–Crippen LogP) is 3.60. The lowest BCUT2D eigenvalue weighted by Crippen LogP contribution is -2.20. The summed E-state index contributed by atoms with van der Waals surface area (Å²) in [4.78, 5) is 17.1. The summed E-state index contributed by atoms with van der Waals surface area (Å²) < 4.78 is 52.7. The van der Waals surface area contributed by atoms with Crippen molar-refractivity contribution < 1.29 is 17.6 Å². The van der Waals surface area contributed by atoms with Crippen LogP contribution in [0.4, 0.5) is 23.5 Å². The van der Waals surface area contributed by atoms with Crippen molar-refractivity contribution >= 4 is 16.9 Å². The van der Waals surface area contributed by atoms with Gasteiger partial charge >= 0.3 is 5.56 Å². The molecule has 0 atom stereocenters. The van der Waals surface area contributed by atoms with E-state index in [9.17, 15) is 22.4 Å². The standard InChI is InChI=1S/C11H7F4N3O.C8H7N/c12-6-1-5(2-7(13)9(6)15)3-18-4-8(14)10(19)17-11(18)16;1-2-4-8-7(3-1)5-6-9-8/h1-2,4H,3H2,(H2,16,17,19);1-6,9H. The number of aromatic nitrogens is 3. The number of fused-ring (bicyclic) bond motifs is 1. The largest absolute Gasteiger partial charge is 0.369 e. The highest BCUT2D eigenvalue weighted by Gasteiger charge is 2.12. The normalized spacial score (nSPS) is 10.6. The maximum absolute atomic E-state index is 13.0. The van der Waals surface area contributed by atoms with Crippen LogP contribution in [0.2, 0.25) is 0 Å². The quantitative estimate of drug-likeness (QED) is 0.406. The van der Waals surface area contributed by atoms with Crippen LogP contribution in [0.5, 0.6) is 0 Å². The summed E-state index contributed by atoms with van der Waals surface area (Å²) >= 11 is 0. The molecule has 0 aliphatic carbocycles. The van der Waals surface area contributed by atoms with Gasteiger partial charge in [-0.15, -0.1) is 0 Å². The van der Waals surface area contributed by atoms with Crippen LogP contribution in [-0.2, 0) is 6.54 Å². The van der Waals surface area contributed by atoms with Gasteiger partial charge in [-0.2, -0.15) is 9.37 Å². The summed E-state index contributed by atoms with van der Waals surface area (Å²) in [5, 5.41) is 1.28. The molecule has 0 radical (unpaired) electrons. The zero-order valence-corrected chi connectivity index (χ0v) is 14.3. The van der Waals surface area contributed by atoms with Gasteiger partial charge in [-0.3, -0.25) is 4.79 Å². The Balaban J connectivity index is 0.000000206. The molecule has 2 aromatic carbocycles. The van der Waals surface area contributed by atoms with E-state index < -0.39 is 28.8 Å². The topological polar surface area (TPSA) is 76.7 Å². The van der Waals surface area contributed by atoms with Crippen LogP contribution >= 0.6 is 0 Å². The average Bonchev–Trinajstić information content (AvgIpc) is 3.13. The van der Waals surface area contributed by atoms with Crippen molar-refractivity contribution in [2.24, 2.45) is 0 Å². The van der Waals surface area contributed by atoms with E-state index in [1.807, 2.05) is 18.3 Å². The van der Waals surface area contributed by atoms with Gasteiger partial charge in [0.15, 0.2) is 17.5 Å². The number of rotatable bonds is 2. The van der Waals surface area contributed by atoms with Crippen molar-refractivity contribution in [1.29, 1.82) is 0 Å². The molecule has 0 spiro atoms. The van der Waals surface area contributed by atoms with E-state index in [1.54, 1.807) is 0 Å². The van der Waals surface area contributed by atoms with Crippen molar-refractivity contribution in [3.63, 3.8) is 0 Å². The Hall–Kier alpha value is -3.62. The third kappa shape index (κ3) is 4.20. The Bertz CT molecular complexity index is 1130. The highest BCUT2D eigenvalue weighted by molar-refractivity contribution is 5.78. The molecule has 0 aliphatic rings. The number of halogens is 4. The first-order valence-corrected chi connectivity index (χ1v) is 8.03. The SMILES string of the molecule is Nc1nc(=O)c(F)cn1Cc1cc(F)c(F)c(F)c1.c1ccc2[nH]ccc2c1. The molecule has 0 saturated carbocycles. The molecule has 2 heterocycles. The molecule has 144 valence electrons. The second kappa shape index (κ2) is 7.95. The maximum atomic E-state index is 13.0. The highest BCUT2D eigenvalue weighted by atomic mass is 19.2. The molecular formula is C19H14F4N4O. The molecule has 5 nitrogen and oxygen atoms in total. The van der Waals surface area contributed by atoms with Gasteiger partial charge in [-0.25, -0.2) is 13.2 Å². The van der Waals surface area contributed by atoms with Crippen molar-refractivity contribution in [2.45, 2.75) is 6.54 Å². The van der Waals surface area contributed by atoms with Crippen LogP contribution in [0.1, 0.15) is 5.56 Å². The Morgan fingerprint density at radius 2 is 1.68 bits per heavy atom. The van der Waals surface area contributed by atoms with Crippen molar-refractivity contribution in [2.75, 3.05) is 5.73 Å². The molecule has 0 saturated heterocycles. The van der Waals surface area contributed by atoms with Crippen molar-refractivity contribution in [1.82, 2.24) is 14.5 Å². The third-order valence-electron chi connectivity index (χ3n) is 3.84. The predicted molar refractivity (Wildman–Crippen MR) is 96.6 cm³/mol. The summed E-state index contributed by atoms with van der Waals surface area (Å²) in [5.41, 5.74) is 5.45. The zero-order chi connectivity index (χ0) is 20.3. The number of hydrogen-bond acceptors (Lipinski definition) is 3.